The summed E-state index contributed by atoms with van der Waals surface area (Å²) >= 11 is 3.19. The average molecular weight is 303 g/mol. The first-order valence-corrected chi connectivity index (χ1v) is 7.89. The molecule has 0 aliphatic heterocycles. The normalized spacial score (nSPS) is 10.8. The smallest absolute Gasteiger partial charge is 0.181 e. The van der Waals surface area contributed by atoms with E-state index in [1.54, 1.807) is 11.8 Å². The second-order valence-electron chi connectivity index (χ2n) is 4.26. The number of rotatable bonds is 4. The second-order valence-corrected chi connectivity index (χ2v) is 6.54. The molecular formula is C14H13N3OS2. The van der Waals surface area contributed by atoms with Gasteiger partial charge in [-0.25, -0.2) is 4.98 Å². The molecule has 1 aromatic carbocycles. The van der Waals surface area contributed by atoms with Crippen LogP contribution in [0.5, 0.6) is 0 Å². The first kappa shape index (κ1) is 13.2. The van der Waals surface area contributed by atoms with Crippen LogP contribution in [0, 0.1) is 6.92 Å². The quantitative estimate of drug-likeness (QED) is 0.738. The fraction of sp³-hybridized carbons (Fsp3) is 0.143. The summed E-state index contributed by atoms with van der Waals surface area (Å²) in [5, 5.41) is 4.71. The summed E-state index contributed by atoms with van der Waals surface area (Å²) in [6.45, 7) is 1.97. The number of hydrogen-bond donors (Lipinski definition) is 1. The van der Waals surface area contributed by atoms with Crippen molar-refractivity contribution in [2.45, 2.75) is 16.9 Å². The molecule has 0 amide bonds. The van der Waals surface area contributed by atoms with Crippen molar-refractivity contribution in [2.24, 2.45) is 0 Å². The molecule has 20 heavy (non-hydrogen) atoms. The van der Waals surface area contributed by atoms with Gasteiger partial charge in [0.25, 0.3) is 0 Å². The summed E-state index contributed by atoms with van der Waals surface area (Å²) in [5.74, 6) is 1.54. The molecule has 0 saturated heterocycles. The number of thioether (sulfide) groups is 1. The Labute approximate surface area is 125 Å². The molecule has 0 radical (unpaired) electrons. The van der Waals surface area contributed by atoms with Crippen molar-refractivity contribution in [3.8, 4) is 11.3 Å². The number of benzene rings is 1. The summed E-state index contributed by atoms with van der Waals surface area (Å²) in [4.78, 5) is 4.21. The number of anilines is 1. The highest BCUT2D eigenvalue weighted by Gasteiger charge is 2.10. The number of thiazole rings is 1. The molecule has 0 fully saturated rings. The summed E-state index contributed by atoms with van der Waals surface area (Å²) in [6, 6.07) is 11.9. The summed E-state index contributed by atoms with van der Waals surface area (Å²) < 4.78 is 6.51. The van der Waals surface area contributed by atoms with Gasteiger partial charge in [-0.05, 0) is 6.92 Å². The van der Waals surface area contributed by atoms with E-state index in [0.717, 1.165) is 32.7 Å². The molecule has 102 valence electrons. The van der Waals surface area contributed by atoms with Gasteiger partial charge in [0.1, 0.15) is 0 Å². The average Bonchev–Trinajstić information content (AvgIpc) is 3.04. The van der Waals surface area contributed by atoms with E-state index in [9.17, 15) is 0 Å². The maximum atomic E-state index is 5.69. The van der Waals surface area contributed by atoms with Crippen LogP contribution in [0.2, 0.25) is 0 Å². The molecule has 0 atom stereocenters. The highest BCUT2D eigenvalue weighted by Crippen LogP contribution is 2.33. The van der Waals surface area contributed by atoms with E-state index in [-0.39, 0.29) is 0 Å². The van der Waals surface area contributed by atoms with Crippen molar-refractivity contribution in [1.82, 2.24) is 10.1 Å². The third kappa shape index (κ3) is 2.86. The number of nitrogen functional groups attached to an aromatic ring is 1. The summed E-state index contributed by atoms with van der Waals surface area (Å²) in [5.41, 5.74) is 8.62. The summed E-state index contributed by atoms with van der Waals surface area (Å²) in [6.07, 6.45) is 0. The first-order chi connectivity index (χ1) is 9.72. The van der Waals surface area contributed by atoms with E-state index < -0.39 is 0 Å². The van der Waals surface area contributed by atoms with Gasteiger partial charge in [-0.1, -0.05) is 46.8 Å². The monoisotopic (exact) mass is 303 g/mol. The molecule has 3 aromatic rings. The molecule has 4 nitrogen and oxygen atoms in total. The van der Waals surface area contributed by atoms with E-state index >= 15 is 0 Å². The molecule has 2 N–H and O–H groups in total. The lowest BCUT2D eigenvalue weighted by molar-refractivity contribution is 0.426. The van der Waals surface area contributed by atoms with Gasteiger partial charge in [-0.15, -0.1) is 11.8 Å². The molecule has 2 aromatic heterocycles. The highest BCUT2D eigenvalue weighted by molar-refractivity contribution is 8.00. The predicted octanol–water partition coefficient (Wildman–Crippen LogP) is 3.98. The maximum Gasteiger partial charge on any atom is 0.181 e. The third-order valence-electron chi connectivity index (χ3n) is 2.74. The van der Waals surface area contributed by atoms with Crippen LogP contribution in [0.4, 0.5) is 5.13 Å². The third-order valence-corrected chi connectivity index (χ3v) is 5.12. The SMILES string of the molecule is Cc1nc(N)sc1SCc1cc(-c2ccccc2)on1. The Bertz CT molecular complexity index is 706. The topological polar surface area (TPSA) is 64.9 Å². The van der Waals surface area contributed by atoms with Crippen LogP contribution in [-0.2, 0) is 5.75 Å². The van der Waals surface area contributed by atoms with Gasteiger partial charge in [0.05, 0.1) is 15.6 Å². The molecule has 3 rings (SSSR count). The molecule has 2 heterocycles. The zero-order valence-electron chi connectivity index (χ0n) is 10.9. The first-order valence-electron chi connectivity index (χ1n) is 6.09. The molecule has 6 heteroatoms. The Morgan fingerprint density at radius 3 is 2.80 bits per heavy atom. The van der Waals surface area contributed by atoms with Gasteiger partial charge in [-0.2, -0.15) is 0 Å². The van der Waals surface area contributed by atoms with E-state index in [0.29, 0.717) is 5.13 Å². The minimum atomic E-state index is 0.607. The second kappa shape index (κ2) is 5.68. The van der Waals surface area contributed by atoms with Crippen molar-refractivity contribution in [3.05, 3.63) is 47.8 Å². The predicted molar refractivity (Wildman–Crippen MR) is 82.8 cm³/mol. The molecule has 0 unspecified atom stereocenters. The van der Waals surface area contributed by atoms with Gasteiger partial charge in [0.2, 0.25) is 0 Å². The number of aromatic nitrogens is 2. The zero-order valence-corrected chi connectivity index (χ0v) is 12.5. The largest absolute Gasteiger partial charge is 0.375 e. The van der Waals surface area contributed by atoms with Gasteiger partial charge in [0.15, 0.2) is 10.9 Å². The van der Waals surface area contributed by atoms with Crippen molar-refractivity contribution in [1.29, 1.82) is 0 Å². The van der Waals surface area contributed by atoms with Crippen molar-refractivity contribution in [2.75, 3.05) is 5.73 Å². The Balaban J connectivity index is 1.70. The zero-order chi connectivity index (χ0) is 13.9. The number of nitrogens with zero attached hydrogens (tertiary/aromatic N) is 2. The van der Waals surface area contributed by atoms with Crippen LogP contribution in [0.1, 0.15) is 11.4 Å². The van der Waals surface area contributed by atoms with Crippen LogP contribution in [0.15, 0.2) is 45.1 Å². The Morgan fingerprint density at radius 1 is 1.30 bits per heavy atom. The number of nitrogens with two attached hydrogens (primary N) is 1. The van der Waals surface area contributed by atoms with Crippen LogP contribution in [-0.4, -0.2) is 10.1 Å². The fourth-order valence-corrected chi connectivity index (χ4v) is 3.70. The van der Waals surface area contributed by atoms with E-state index in [2.05, 4.69) is 10.1 Å². The maximum absolute atomic E-state index is 5.69. The van der Waals surface area contributed by atoms with Crippen LogP contribution in [0.25, 0.3) is 11.3 Å². The van der Waals surface area contributed by atoms with Crippen molar-refractivity contribution in [3.63, 3.8) is 0 Å². The van der Waals surface area contributed by atoms with Gasteiger partial charge in [-0.3, -0.25) is 0 Å². The van der Waals surface area contributed by atoms with Crippen LogP contribution in [0.3, 0.4) is 0 Å². The van der Waals surface area contributed by atoms with E-state index in [1.165, 1.54) is 11.3 Å². The van der Waals surface area contributed by atoms with Gasteiger partial charge < -0.3 is 10.3 Å². The molecule has 0 spiro atoms. The van der Waals surface area contributed by atoms with Crippen molar-refractivity contribution >= 4 is 28.2 Å². The molecular weight excluding hydrogens is 290 g/mol. The number of aryl methyl sites for hydroxylation is 1. The van der Waals surface area contributed by atoms with E-state index in [1.807, 2.05) is 43.3 Å². The molecule has 0 aliphatic carbocycles. The Kier molecular flexibility index (Phi) is 3.75. The highest BCUT2D eigenvalue weighted by atomic mass is 32.2. The fourth-order valence-electron chi connectivity index (χ4n) is 1.79. The van der Waals surface area contributed by atoms with Crippen molar-refractivity contribution < 1.29 is 4.52 Å². The lowest BCUT2D eigenvalue weighted by Crippen LogP contribution is -1.81. The van der Waals surface area contributed by atoms with Crippen LogP contribution >= 0.6 is 23.1 Å². The Morgan fingerprint density at radius 2 is 2.10 bits per heavy atom. The van der Waals surface area contributed by atoms with Crippen LogP contribution < -0.4 is 5.73 Å². The molecule has 0 bridgehead atoms. The molecule has 0 aliphatic rings. The van der Waals surface area contributed by atoms with E-state index in [4.69, 9.17) is 10.3 Å². The minimum absolute atomic E-state index is 0.607. The van der Waals surface area contributed by atoms with Gasteiger partial charge >= 0.3 is 0 Å². The van der Waals surface area contributed by atoms with Gasteiger partial charge in [0, 0.05) is 17.4 Å². The standard InChI is InChI=1S/C14H13N3OS2/c1-9-13(20-14(15)16-9)19-8-11-7-12(18-17-11)10-5-3-2-4-6-10/h2-7H,8H2,1H3,(H2,15,16). The number of hydrogen-bond acceptors (Lipinski definition) is 6. The minimum Gasteiger partial charge on any atom is -0.375 e. The lowest BCUT2D eigenvalue weighted by atomic mass is 10.2. The lowest BCUT2D eigenvalue weighted by Gasteiger charge is -1.94. The Hall–Kier alpha value is -1.79. The summed E-state index contributed by atoms with van der Waals surface area (Å²) in [7, 11) is 0. The molecule has 0 saturated carbocycles.